The summed E-state index contributed by atoms with van der Waals surface area (Å²) in [5.74, 6) is 0. The number of urea groups is 2. The average Bonchev–Trinajstić information content (AvgIpc) is 2.61. The van der Waals surface area contributed by atoms with Gasteiger partial charge in [-0.15, -0.1) is 0 Å². The third-order valence-electron chi connectivity index (χ3n) is 3.54. The van der Waals surface area contributed by atoms with Crippen LogP contribution in [0.1, 0.15) is 0 Å². The van der Waals surface area contributed by atoms with E-state index in [1.165, 1.54) is 7.05 Å². The average molecular weight is 319 g/mol. The zero-order chi connectivity index (χ0) is 16.7. The molecule has 1 saturated heterocycles. The number of rotatable bonds is 4. The molecule has 1 aromatic rings. The van der Waals surface area contributed by atoms with Crippen LogP contribution in [0.15, 0.2) is 30.3 Å². The molecule has 0 spiro atoms. The predicted molar refractivity (Wildman–Crippen MR) is 86.0 cm³/mol. The molecule has 1 aromatic carbocycles. The van der Waals surface area contributed by atoms with Crippen LogP contribution in [0.5, 0.6) is 0 Å². The summed E-state index contributed by atoms with van der Waals surface area (Å²) < 4.78 is 0. The number of hydrogen-bond acceptors (Lipinski definition) is 5. The number of carbonyl (C=O) groups is 3. The Balaban J connectivity index is 2.29. The first-order chi connectivity index (χ1) is 11.2. The Labute approximate surface area is 135 Å². The minimum atomic E-state index is -0.589. The van der Waals surface area contributed by atoms with E-state index >= 15 is 0 Å². The van der Waals surface area contributed by atoms with Gasteiger partial charge >= 0.3 is 12.1 Å². The van der Waals surface area contributed by atoms with E-state index in [2.05, 4.69) is 10.7 Å². The number of nitrogens with one attached hydrogen (secondary N) is 2. The number of carbonyl (C=O) groups excluding carboxylic acids is 3. The lowest BCUT2D eigenvalue weighted by Crippen LogP contribution is -2.57. The maximum Gasteiger partial charge on any atom is 0.347 e. The molecule has 2 rings (SSSR count). The fourth-order valence-electron chi connectivity index (χ4n) is 2.34. The van der Waals surface area contributed by atoms with Crippen molar-refractivity contribution in [2.45, 2.75) is 0 Å². The van der Waals surface area contributed by atoms with Crippen LogP contribution >= 0.6 is 0 Å². The maximum atomic E-state index is 12.8. The summed E-state index contributed by atoms with van der Waals surface area (Å²) in [6, 6.07) is 7.71. The number of aldehydes is 1. The number of nitrogens with zero attached hydrogens (tertiary/aromatic N) is 3. The van der Waals surface area contributed by atoms with Gasteiger partial charge in [-0.25, -0.2) is 19.9 Å². The summed E-state index contributed by atoms with van der Waals surface area (Å²) in [6.07, 6.45) is 0.604. The van der Waals surface area contributed by atoms with Crippen molar-refractivity contribution in [1.82, 2.24) is 20.7 Å². The third-order valence-corrected chi connectivity index (χ3v) is 3.54. The van der Waals surface area contributed by atoms with Gasteiger partial charge in [0, 0.05) is 33.2 Å². The molecule has 0 radical (unpaired) electrons. The summed E-state index contributed by atoms with van der Waals surface area (Å²) in [7, 11) is 1.53. The summed E-state index contributed by atoms with van der Waals surface area (Å²) >= 11 is 0. The maximum absolute atomic E-state index is 12.8. The lowest BCUT2D eigenvalue weighted by Gasteiger charge is -2.34. The quantitative estimate of drug-likeness (QED) is 0.615. The van der Waals surface area contributed by atoms with Gasteiger partial charge in [0.1, 0.15) is 6.29 Å². The second-order valence-electron chi connectivity index (χ2n) is 4.97. The van der Waals surface area contributed by atoms with Gasteiger partial charge in [-0.2, -0.15) is 0 Å². The number of piperazine rings is 1. The Hall–Kier alpha value is -2.45. The number of amides is 4. The molecule has 1 fully saturated rings. The monoisotopic (exact) mass is 319 g/mol. The van der Waals surface area contributed by atoms with Gasteiger partial charge in [-0.1, -0.05) is 18.2 Å². The molecule has 1 heterocycles. The van der Waals surface area contributed by atoms with E-state index in [4.69, 9.17) is 0 Å². The molecule has 0 bridgehead atoms. The van der Waals surface area contributed by atoms with Crippen molar-refractivity contribution in [3.05, 3.63) is 30.3 Å². The van der Waals surface area contributed by atoms with E-state index in [1.807, 2.05) is 6.07 Å². The summed E-state index contributed by atoms with van der Waals surface area (Å²) in [4.78, 5) is 39.0. The Morgan fingerprint density at radius 2 is 1.91 bits per heavy atom. The number of benzene rings is 1. The molecule has 23 heavy (non-hydrogen) atoms. The molecular formula is C15H21N5O3. The van der Waals surface area contributed by atoms with Crippen LogP contribution in [0, 0.1) is 0 Å². The van der Waals surface area contributed by atoms with Gasteiger partial charge in [-0.3, -0.25) is 5.01 Å². The smallest absolute Gasteiger partial charge is 0.321 e. The van der Waals surface area contributed by atoms with Crippen molar-refractivity contribution in [3.63, 3.8) is 0 Å². The van der Waals surface area contributed by atoms with Crippen molar-refractivity contribution in [1.29, 1.82) is 0 Å². The second-order valence-corrected chi connectivity index (χ2v) is 4.97. The number of imide groups is 1. The van der Waals surface area contributed by atoms with E-state index in [0.29, 0.717) is 38.2 Å². The number of para-hydroxylation sites is 1. The van der Waals surface area contributed by atoms with Gasteiger partial charge in [0.05, 0.1) is 12.2 Å². The van der Waals surface area contributed by atoms with Gasteiger partial charge < -0.3 is 15.0 Å². The number of anilines is 1. The van der Waals surface area contributed by atoms with Crippen molar-refractivity contribution in [2.24, 2.45) is 0 Å². The van der Waals surface area contributed by atoms with E-state index in [1.54, 1.807) is 29.2 Å². The minimum absolute atomic E-state index is 0.145. The molecule has 124 valence electrons. The van der Waals surface area contributed by atoms with E-state index in [9.17, 15) is 14.4 Å². The second kappa shape index (κ2) is 8.25. The molecule has 1 aliphatic rings. The van der Waals surface area contributed by atoms with Crippen LogP contribution < -0.4 is 15.6 Å². The summed E-state index contributed by atoms with van der Waals surface area (Å²) in [5.41, 5.74) is 3.10. The van der Waals surface area contributed by atoms with Gasteiger partial charge in [0.15, 0.2) is 0 Å². The molecule has 2 N–H and O–H groups in total. The predicted octanol–water partition coefficient (Wildman–Crippen LogP) is 0.274. The molecule has 0 unspecified atom stereocenters. The molecule has 0 saturated carbocycles. The largest absolute Gasteiger partial charge is 0.347 e. The van der Waals surface area contributed by atoms with Gasteiger partial charge in [0.25, 0.3) is 0 Å². The molecule has 0 atom stereocenters. The SMILES string of the molecule is CNN(CC=O)C(=O)N(C(=O)N1CCNCC1)c1ccccc1. The first kappa shape index (κ1) is 16.9. The van der Waals surface area contributed by atoms with Crippen molar-refractivity contribution in [3.8, 4) is 0 Å². The highest BCUT2D eigenvalue weighted by molar-refractivity contribution is 6.13. The molecule has 0 aromatic heterocycles. The standard InChI is InChI=1S/C15H21N5O3/c1-16-19(11-12-21)15(23)20(13-5-3-2-4-6-13)14(22)18-9-7-17-8-10-18/h2-6,12,16-17H,7-11H2,1H3. The van der Waals surface area contributed by atoms with Crippen molar-refractivity contribution in [2.75, 3.05) is 44.7 Å². The molecule has 8 nitrogen and oxygen atoms in total. The van der Waals surface area contributed by atoms with Crippen molar-refractivity contribution >= 4 is 24.0 Å². The van der Waals surface area contributed by atoms with Crippen LogP contribution in [0.25, 0.3) is 0 Å². The van der Waals surface area contributed by atoms with Crippen LogP contribution in [0.2, 0.25) is 0 Å². The fraction of sp³-hybridized carbons (Fsp3) is 0.400. The molecule has 1 aliphatic heterocycles. The van der Waals surface area contributed by atoms with Gasteiger partial charge in [0.2, 0.25) is 0 Å². The van der Waals surface area contributed by atoms with Crippen LogP contribution in [0.3, 0.4) is 0 Å². The highest BCUT2D eigenvalue weighted by atomic mass is 16.2. The van der Waals surface area contributed by atoms with E-state index in [-0.39, 0.29) is 6.54 Å². The van der Waals surface area contributed by atoms with E-state index < -0.39 is 12.1 Å². The Morgan fingerprint density at radius 3 is 2.48 bits per heavy atom. The highest BCUT2D eigenvalue weighted by Gasteiger charge is 2.31. The zero-order valence-electron chi connectivity index (χ0n) is 13.1. The lowest BCUT2D eigenvalue weighted by molar-refractivity contribution is -0.108. The Bertz CT molecular complexity index is 545. The van der Waals surface area contributed by atoms with Crippen LogP contribution in [0.4, 0.5) is 15.3 Å². The first-order valence-corrected chi connectivity index (χ1v) is 7.46. The topological polar surface area (TPSA) is 85.0 Å². The number of hydrazine groups is 1. The fourth-order valence-corrected chi connectivity index (χ4v) is 2.34. The van der Waals surface area contributed by atoms with E-state index in [0.717, 1.165) is 9.91 Å². The minimum Gasteiger partial charge on any atom is -0.321 e. The first-order valence-electron chi connectivity index (χ1n) is 7.46. The summed E-state index contributed by atoms with van der Waals surface area (Å²) in [5, 5.41) is 4.26. The highest BCUT2D eigenvalue weighted by Crippen LogP contribution is 2.17. The normalized spacial score (nSPS) is 14.2. The third kappa shape index (κ3) is 4.05. The molecule has 0 aliphatic carbocycles. The molecule has 8 heteroatoms. The molecular weight excluding hydrogens is 298 g/mol. The van der Waals surface area contributed by atoms with Crippen molar-refractivity contribution < 1.29 is 14.4 Å². The van der Waals surface area contributed by atoms with Crippen LogP contribution in [-0.4, -0.2) is 68.0 Å². The molecule has 4 amide bonds. The Kier molecular flexibility index (Phi) is 6.07. The van der Waals surface area contributed by atoms with Crippen LogP contribution in [-0.2, 0) is 4.79 Å². The number of hydrogen-bond donors (Lipinski definition) is 2. The lowest BCUT2D eigenvalue weighted by atomic mass is 10.3. The summed E-state index contributed by atoms with van der Waals surface area (Å²) in [6.45, 7) is 2.29. The zero-order valence-corrected chi connectivity index (χ0v) is 13.1. The Morgan fingerprint density at radius 1 is 1.26 bits per heavy atom. The van der Waals surface area contributed by atoms with Gasteiger partial charge in [-0.05, 0) is 12.1 Å².